The Bertz CT molecular complexity index is 1170. The second-order valence-corrected chi connectivity index (χ2v) is 10.1. The summed E-state index contributed by atoms with van der Waals surface area (Å²) >= 11 is 1.59. The van der Waals surface area contributed by atoms with Crippen molar-refractivity contribution in [1.29, 1.82) is 0 Å². The fourth-order valence-corrected chi connectivity index (χ4v) is 6.11. The molecule has 3 aromatic rings. The van der Waals surface area contributed by atoms with Gasteiger partial charge in [0.2, 0.25) is 10.0 Å². The van der Waals surface area contributed by atoms with Gasteiger partial charge in [-0.3, -0.25) is 0 Å². The number of thiazole rings is 1. The molecule has 0 N–H and O–H groups in total. The van der Waals surface area contributed by atoms with E-state index in [1.165, 1.54) is 24.6 Å². The van der Waals surface area contributed by atoms with E-state index in [2.05, 4.69) is 9.88 Å². The SMILES string of the molecule is COc1ccc(-c2cnc(N3CCN(S(=O)(=O)c4cc(OC)ccc4OC)CC3)s2)cc1. The molecule has 2 heterocycles. The molecule has 0 aliphatic carbocycles. The highest BCUT2D eigenvalue weighted by atomic mass is 32.2. The number of piperazine rings is 1. The van der Waals surface area contributed by atoms with Gasteiger partial charge in [0.25, 0.3) is 0 Å². The first-order chi connectivity index (χ1) is 15.5. The van der Waals surface area contributed by atoms with Crippen LogP contribution in [0.3, 0.4) is 0 Å². The van der Waals surface area contributed by atoms with Crippen LogP contribution >= 0.6 is 11.3 Å². The van der Waals surface area contributed by atoms with E-state index in [-0.39, 0.29) is 4.90 Å². The summed E-state index contributed by atoms with van der Waals surface area (Å²) in [5.41, 5.74) is 1.07. The Labute approximate surface area is 192 Å². The quantitative estimate of drug-likeness (QED) is 0.518. The molecule has 0 amide bonds. The van der Waals surface area contributed by atoms with E-state index in [4.69, 9.17) is 14.2 Å². The molecule has 2 aromatic carbocycles. The van der Waals surface area contributed by atoms with Crippen molar-refractivity contribution in [3.8, 4) is 27.7 Å². The molecule has 4 rings (SSSR count). The average Bonchev–Trinajstić information content (AvgIpc) is 3.34. The molecule has 1 saturated heterocycles. The van der Waals surface area contributed by atoms with Crippen molar-refractivity contribution in [3.63, 3.8) is 0 Å². The van der Waals surface area contributed by atoms with Crippen LogP contribution in [0.1, 0.15) is 0 Å². The molecule has 0 spiro atoms. The summed E-state index contributed by atoms with van der Waals surface area (Å²) in [6.45, 7) is 1.84. The minimum atomic E-state index is -3.71. The van der Waals surface area contributed by atoms with Gasteiger partial charge < -0.3 is 19.1 Å². The minimum Gasteiger partial charge on any atom is -0.497 e. The maximum Gasteiger partial charge on any atom is 0.247 e. The molecule has 32 heavy (non-hydrogen) atoms. The predicted octanol–water partition coefficient (Wildman–Crippen LogP) is 3.35. The summed E-state index contributed by atoms with van der Waals surface area (Å²) in [5, 5.41) is 0.881. The highest BCUT2D eigenvalue weighted by Gasteiger charge is 2.32. The van der Waals surface area contributed by atoms with Gasteiger partial charge in [-0.15, -0.1) is 0 Å². The molecular formula is C22H25N3O5S2. The van der Waals surface area contributed by atoms with Crippen LogP contribution in [-0.4, -0.2) is 65.2 Å². The van der Waals surface area contributed by atoms with Crippen molar-refractivity contribution >= 4 is 26.5 Å². The standard InChI is InChI=1S/C22H25N3O5S2/c1-28-17-6-4-16(5-7-17)20-15-23-22(31-20)24-10-12-25(13-11-24)32(26,27)21-14-18(29-2)8-9-19(21)30-3/h4-9,14-15H,10-13H2,1-3H3. The number of hydrogen-bond donors (Lipinski definition) is 0. The maximum absolute atomic E-state index is 13.3. The topological polar surface area (TPSA) is 81.2 Å². The van der Waals surface area contributed by atoms with Crippen molar-refractivity contribution in [1.82, 2.24) is 9.29 Å². The lowest BCUT2D eigenvalue weighted by Crippen LogP contribution is -2.48. The van der Waals surface area contributed by atoms with E-state index in [0.29, 0.717) is 37.7 Å². The summed E-state index contributed by atoms with van der Waals surface area (Å²) in [4.78, 5) is 7.85. The summed E-state index contributed by atoms with van der Waals surface area (Å²) in [6.07, 6.45) is 1.85. The number of hydrogen-bond acceptors (Lipinski definition) is 8. The molecule has 0 atom stereocenters. The van der Waals surface area contributed by atoms with Crippen LogP contribution in [0.4, 0.5) is 5.13 Å². The first-order valence-corrected chi connectivity index (χ1v) is 12.3. The molecule has 0 radical (unpaired) electrons. The largest absolute Gasteiger partial charge is 0.497 e. The van der Waals surface area contributed by atoms with E-state index < -0.39 is 10.0 Å². The molecule has 170 valence electrons. The monoisotopic (exact) mass is 475 g/mol. The first kappa shape index (κ1) is 22.4. The van der Waals surface area contributed by atoms with Gasteiger partial charge in [0.15, 0.2) is 5.13 Å². The van der Waals surface area contributed by atoms with Crippen LogP contribution < -0.4 is 19.1 Å². The Morgan fingerprint density at radius 2 is 1.53 bits per heavy atom. The molecule has 8 nitrogen and oxygen atoms in total. The van der Waals surface area contributed by atoms with E-state index in [1.54, 1.807) is 30.6 Å². The van der Waals surface area contributed by atoms with E-state index >= 15 is 0 Å². The van der Waals surface area contributed by atoms with Crippen LogP contribution in [0.2, 0.25) is 0 Å². The lowest BCUT2D eigenvalue weighted by molar-refractivity contribution is 0.370. The summed E-state index contributed by atoms with van der Waals surface area (Å²) in [6, 6.07) is 12.6. The van der Waals surface area contributed by atoms with Crippen LogP contribution in [0, 0.1) is 0 Å². The Balaban J connectivity index is 1.47. The average molecular weight is 476 g/mol. The molecule has 0 unspecified atom stereocenters. The lowest BCUT2D eigenvalue weighted by atomic mass is 10.2. The van der Waals surface area contributed by atoms with Crippen LogP contribution in [0.5, 0.6) is 17.2 Å². The molecule has 0 saturated carbocycles. The molecular weight excluding hydrogens is 450 g/mol. The zero-order chi connectivity index (χ0) is 22.7. The van der Waals surface area contributed by atoms with Gasteiger partial charge in [-0.1, -0.05) is 11.3 Å². The number of anilines is 1. The zero-order valence-electron chi connectivity index (χ0n) is 18.1. The Kier molecular flexibility index (Phi) is 6.54. The Hall–Kier alpha value is -2.82. The number of ether oxygens (including phenoxy) is 3. The summed E-state index contributed by atoms with van der Waals surface area (Å²) < 4.78 is 43.7. The van der Waals surface area contributed by atoms with Crippen molar-refractivity contribution in [2.24, 2.45) is 0 Å². The third kappa shape index (κ3) is 4.38. The minimum absolute atomic E-state index is 0.115. The molecule has 10 heteroatoms. The number of aromatic nitrogens is 1. The van der Waals surface area contributed by atoms with Gasteiger partial charge in [0, 0.05) is 38.4 Å². The molecule has 1 fully saturated rings. The number of benzene rings is 2. The van der Waals surface area contributed by atoms with Crippen LogP contribution in [0.25, 0.3) is 10.4 Å². The third-order valence-corrected chi connectivity index (χ3v) is 8.39. The van der Waals surface area contributed by atoms with Crippen molar-refractivity contribution in [2.45, 2.75) is 4.90 Å². The van der Waals surface area contributed by atoms with E-state index in [9.17, 15) is 8.42 Å². The van der Waals surface area contributed by atoms with Gasteiger partial charge in [-0.2, -0.15) is 4.31 Å². The highest BCUT2D eigenvalue weighted by Crippen LogP contribution is 2.34. The second-order valence-electron chi connectivity index (χ2n) is 7.14. The van der Waals surface area contributed by atoms with Gasteiger partial charge in [-0.25, -0.2) is 13.4 Å². The van der Waals surface area contributed by atoms with Gasteiger partial charge in [0.05, 0.1) is 26.2 Å². The molecule has 1 aliphatic rings. The first-order valence-electron chi connectivity index (χ1n) is 10.0. The molecule has 0 bridgehead atoms. The Morgan fingerprint density at radius 3 is 2.16 bits per heavy atom. The van der Waals surface area contributed by atoms with Crippen molar-refractivity contribution < 1.29 is 22.6 Å². The number of sulfonamides is 1. The zero-order valence-corrected chi connectivity index (χ0v) is 19.8. The maximum atomic E-state index is 13.3. The fraction of sp³-hybridized carbons (Fsp3) is 0.318. The van der Waals surface area contributed by atoms with E-state index in [0.717, 1.165) is 21.3 Å². The van der Waals surface area contributed by atoms with E-state index in [1.807, 2.05) is 30.5 Å². The van der Waals surface area contributed by atoms with Crippen molar-refractivity contribution in [3.05, 3.63) is 48.7 Å². The molecule has 1 aliphatic heterocycles. The second kappa shape index (κ2) is 9.35. The van der Waals surface area contributed by atoms with Gasteiger partial charge in [0.1, 0.15) is 22.1 Å². The summed E-state index contributed by atoms with van der Waals surface area (Å²) in [7, 11) is 0.893. The van der Waals surface area contributed by atoms with Crippen molar-refractivity contribution in [2.75, 3.05) is 52.4 Å². The van der Waals surface area contributed by atoms with Gasteiger partial charge in [-0.05, 0) is 42.0 Å². The normalized spacial score (nSPS) is 14.9. The fourth-order valence-electron chi connectivity index (χ4n) is 3.54. The Morgan fingerprint density at radius 1 is 0.875 bits per heavy atom. The third-order valence-electron chi connectivity index (χ3n) is 5.37. The summed E-state index contributed by atoms with van der Waals surface area (Å²) in [5.74, 6) is 1.58. The smallest absolute Gasteiger partial charge is 0.247 e. The lowest BCUT2D eigenvalue weighted by Gasteiger charge is -2.34. The van der Waals surface area contributed by atoms with Crippen LogP contribution in [0.15, 0.2) is 53.6 Å². The highest BCUT2D eigenvalue weighted by molar-refractivity contribution is 7.89. The number of methoxy groups -OCH3 is 3. The van der Waals surface area contributed by atoms with Gasteiger partial charge >= 0.3 is 0 Å². The number of nitrogens with zero attached hydrogens (tertiary/aromatic N) is 3. The molecule has 1 aromatic heterocycles. The van der Waals surface area contributed by atoms with Crippen LogP contribution in [-0.2, 0) is 10.0 Å². The number of rotatable bonds is 7. The predicted molar refractivity (Wildman–Crippen MR) is 125 cm³/mol.